The Balaban J connectivity index is 1.70. The molecule has 1 fully saturated rings. The van der Waals surface area contributed by atoms with Gasteiger partial charge in [-0.25, -0.2) is 8.42 Å². The molecule has 1 aliphatic heterocycles. The van der Waals surface area contributed by atoms with Gasteiger partial charge in [0.25, 0.3) is 15.9 Å². The van der Waals surface area contributed by atoms with Crippen LogP contribution >= 0.6 is 27.3 Å². The van der Waals surface area contributed by atoms with Crippen molar-refractivity contribution in [3.05, 3.63) is 45.0 Å². The zero-order valence-electron chi connectivity index (χ0n) is 13.9. The number of sulfonamides is 1. The Morgan fingerprint density at radius 1 is 1.12 bits per heavy atom. The molecule has 0 aliphatic carbocycles. The fourth-order valence-electron chi connectivity index (χ4n) is 2.78. The molecule has 0 aromatic carbocycles. The molecule has 3 rings (SSSR count). The number of nitrogens with zero attached hydrogens (tertiary/aromatic N) is 3. The second-order valence-corrected chi connectivity index (χ2v) is 10.5. The number of piperazine rings is 1. The van der Waals surface area contributed by atoms with E-state index in [1.807, 2.05) is 19.9 Å². The normalized spacial score (nSPS) is 16.2. The van der Waals surface area contributed by atoms with Crippen LogP contribution in [0.1, 0.15) is 21.7 Å². The topological polar surface area (TPSA) is 70.6 Å². The van der Waals surface area contributed by atoms with Gasteiger partial charge in [0.1, 0.15) is 4.21 Å². The first-order valence-corrected chi connectivity index (χ1v) is 10.8. The van der Waals surface area contributed by atoms with E-state index < -0.39 is 10.0 Å². The van der Waals surface area contributed by atoms with Crippen LogP contribution in [0.2, 0.25) is 0 Å². The van der Waals surface area contributed by atoms with Crippen molar-refractivity contribution in [1.82, 2.24) is 14.2 Å². The highest BCUT2D eigenvalue weighted by Gasteiger charge is 2.31. The number of carbonyl (C=O) groups excluding carboxylic acids is 1. The molecule has 1 aliphatic rings. The monoisotopic (exact) mass is 443 g/mol. The predicted octanol–water partition coefficient (Wildman–Crippen LogP) is 2.67. The molecule has 134 valence electrons. The average molecular weight is 444 g/mol. The van der Waals surface area contributed by atoms with Crippen molar-refractivity contribution in [1.29, 1.82) is 0 Å². The first kappa shape index (κ1) is 18.5. The Kier molecular flexibility index (Phi) is 5.29. The molecule has 0 spiro atoms. The lowest BCUT2D eigenvalue weighted by Gasteiger charge is -2.33. The van der Waals surface area contributed by atoms with Gasteiger partial charge in [-0.05, 0) is 54.0 Å². The van der Waals surface area contributed by atoms with Crippen molar-refractivity contribution >= 4 is 43.2 Å². The average Bonchev–Trinajstić information content (AvgIpc) is 3.02. The van der Waals surface area contributed by atoms with E-state index in [1.165, 1.54) is 15.6 Å². The fraction of sp³-hybridized carbons (Fsp3) is 0.375. The van der Waals surface area contributed by atoms with Gasteiger partial charge >= 0.3 is 0 Å². The number of aryl methyl sites for hydroxylation is 2. The standard InChI is InChI=1S/C16H18BrN3O3S2/c1-11-3-4-13(12(2)18-11)16(21)19-7-9-20(10-8-19)25(22,23)15-6-5-14(17)24-15/h3-6H,7-10H2,1-2H3. The van der Waals surface area contributed by atoms with Crippen LogP contribution in [-0.4, -0.2) is 54.7 Å². The van der Waals surface area contributed by atoms with Crippen LogP contribution in [0.25, 0.3) is 0 Å². The smallest absolute Gasteiger partial charge is 0.255 e. The van der Waals surface area contributed by atoms with Gasteiger partial charge in [-0.2, -0.15) is 4.31 Å². The van der Waals surface area contributed by atoms with Crippen LogP contribution in [0, 0.1) is 13.8 Å². The molecular formula is C16H18BrN3O3S2. The molecule has 0 bridgehead atoms. The van der Waals surface area contributed by atoms with Gasteiger partial charge in [-0.3, -0.25) is 9.78 Å². The summed E-state index contributed by atoms with van der Waals surface area (Å²) >= 11 is 4.49. The van der Waals surface area contributed by atoms with Crippen LogP contribution in [-0.2, 0) is 10.0 Å². The minimum Gasteiger partial charge on any atom is -0.336 e. The number of aromatic nitrogens is 1. The molecule has 0 N–H and O–H groups in total. The van der Waals surface area contributed by atoms with E-state index in [9.17, 15) is 13.2 Å². The molecule has 1 saturated heterocycles. The molecular weight excluding hydrogens is 426 g/mol. The zero-order chi connectivity index (χ0) is 18.2. The molecule has 0 atom stereocenters. The van der Waals surface area contributed by atoms with Crippen molar-refractivity contribution in [3.8, 4) is 0 Å². The number of hydrogen-bond acceptors (Lipinski definition) is 5. The van der Waals surface area contributed by atoms with Gasteiger partial charge < -0.3 is 4.90 Å². The maximum absolute atomic E-state index is 12.7. The SMILES string of the molecule is Cc1ccc(C(=O)N2CCN(S(=O)(=O)c3ccc(Br)s3)CC2)c(C)n1. The third-order valence-corrected chi connectivity index (χ3v) is 8.11. The summed E-state index contributed by atoms with van der Waals surface area (Å²) in [5, 5.41) is 0. The molecule has 2 aromatic heterocycles. The number of thiophene rings is 1. The summed E-state index contributed by atoms with van der Waals surface area (Å²) in [5.74, 6) is -0.0964. The molecule has 6 nitrogen and oxygen atoms in total. The lowest BCUT2D eigenvalue weighted by molar-refractivity contribution is 0.0696. The van der Waals surface area contributed by atoms with Gasteiger partial charge in [0, 0.05) is 31.9 Å². The highest BCUT2D eigenvalue weighted by molar-refractivity contribution is 9.11. The van der Waals surface area contributed by atoms with E-state index in [1.54, 1.807) is 23.1 Å². The number of hydrogen-bond donors (Lipinski definition) is 0. The van der Waals surface area contributed by atoms with E-state index in [-0.39, 0.29) is 5.91 Å². The van der Waals surface area contributed by atoms with Crippen LogP contribution in [0.3, 0.4) is 0 Å². The molecule has 2 aromatic rings. The van der Waals surface area contributed by atoms with E-state index in [2.05, 4.69) is 20.9 Å². The van der Waals surface area contributed by atoms with Gasteiger partial charge in [-0.1, -0.05) is 0 Å². The molecule has 0 radical (unpaired) electrons. The molecule has 1 amide bonds. The van der Waals surface area contributed by atoms with E-state index in [4.69, 9.17) is 0 Å². The summed E-state index contributed by atoms with van der Waals surface area (Å²) in [4.78, 5) is 18.7. The molecule has 9 heteroatoms. The van der Waals surface area contributed by atoms with Crippen molar-refractivity contribution in [3.63, 3.8) is 0 Å². The van der Waals surface area contributed by atoms with Crippen molar-refractivity contribution < 1.29 is 13.2 Å². The minimum atomic E-state index is -3.50. The summed E-state index contributed by atoms with van der Waals surface area (Å²) in [7, 11) is -3.50. The number of rotatable bonds is 3. The summed E-state index contributed by atoms with van der Waals surface area (Å²) in [5.41, 5.74) is 2.14. The van der Waals surface area contributed by atoms with Crippen LogP contribution in [0.15, 0.2) is 32.3 Å². The van der Waals surface area contributed by atoms with E-state index >= 15 is 0 Å². The van der Waals surface area contributed by atoms with Crippen LogP contribution < -0.4 is 0 Å². The Hall–Kier alpha value is -1.29. The van der Waals surface area contributed by atoms with Gasteiger partial charge in [-0.15, -0.1) is 11.3 Å². The Morgan fingerprint density at radius 3 is 2.36 bits per heavy atom. The van der Waals surface area contributed by atoms with E-state index in [0.29, 0.717) is 41.6 Å². The maximum atomic E-state index is 12.7. The Bertz CT molecular complexity index is 903. The summed E-state index contributed by atoms with van der Waals surface area (Å²) < 4.78 is 27.8. The zero-order valence-corrected chi connectivity index (χ0v) is 17.1. The molecule has 3 heterocycles. The summed E-state index contributed by atoms with van der Waals surface area (Å²) in [6.07, 6.45) is 0. The summed E-state index contributed by atoms with van der Waals surface area (Å²) in [6, 6.07) is 6.93. The quantitative estimate of drug-likeness (QED) is 0.730. The summed E-state index contributed by atoms with van der Waals surface area (Å²) in [6.45, 7) is 5.03. The molecule has 0 saturated carbocycles. The van der Waals surface area contributed by atoms with Gasteiger partial charge in [0.15, 0.2) is 0 Å². The highest BCUT2D eigenvalue weighted by atomic mass is 79.9. The molecule has 25 heavy (non-hydrogen) atoms. The van der Waals surface area contributed by atoms with Gasteiger partial charge in [0.2, 0.25) is 0 Å². The first-order valence-electron chi connectivity index (χ1n) is 7.78. The second kappa shape index (κ2) is 7.14. The highest BCUT2D eigenvalue weighted by Crippen LogP contribution is 2.29. The maximum Gasteiger partial charge on any atom is 0.255 e. The second-order valence-electron chi connectivity index (χ2n) is 5.84. The largest absolute Gasteiger partial charge is 0.336 e. The number of amides is 1. The fourth-order valence-corrected chi connectivity index (χ4v) is 6.36. The van der Waals surface area contributed by atoms with Crippen LogP contribution in [0.5, 0.6) is 0 Å². The lowest BCUT2D eigenvalue weighted by atomic mass is 10.1. The third-order valence-electron chi connectivity index (χ3n) is 4.12. The van der Waals surface area contributed by atoms with Crippen LogP contribution in [0.4, 0.5) is 0 Å². The Morgan fingerprint density at radius 2 is 1.80 bits per heavy atom. The van der Waals surface area contributed by atoms with E-state index in [0.717, 1.165) is 9.48 Å². The predicted molar refractivity (Wildman–Crippen MR) is 100 cm³/mol. The van der Waals surface area contributed by atoms with Gasteiger partial charge in [0.05, 0.1) is 15.0 Å². The minimum absolute atomic E-state index is 0.0964. The Labute approximate surface area is 159 Å². The number of halogens is 1. The molecule has 0 unspecified atom stereocenters. The lowest BCUT2D eigenvalue weighted by Crippen LogP contribution is -2.50. The van der Waals surface area contributed by atoms with Crippen molar-refractivity contribution in [2.45, 2.75) is 18.1 Å². The number of carbonyl (C=O) groups is 1. The van der Waals surface area contributed by atoms with Crippen molar-refractivity contribution in [2.75, 3.05) is 26.2 Å². The van der Waals surface area contributed by atoms with Crippen molar-refractivity contribution in [2.24, 2.45) is 0 Å². The number of pyridine rings is 1. The third kappa shape index (κ3) is 3.79. The first-order chi connectivity index (χ1) is 11.8.